The van der Waals surface area contributed by atoms with Crippen molar-refractivity contribution in [1.82, 2.24) is 20.5 Å². The molecule has 1 aromatic heterocycles. The molecule has 2 unspecified atom stereocenters. The van der Waals surface area contributed by atoms with Gasteiger partial charge in [-0.1, -0.05) is 11.6 Å². The van der Waals surface area contributed by atoms with Crippen molar-refractivity contribution in [2.24, 2.45) is 0 Å². The van der Waals surface area contributed by atoms with Crippen LogP contribution in [0.25, 0.3) is 0 Å². The van der Waals surface area contributed by atoms with Gasteiger partial charge in [-0.25, -0.2) is 4.39 Å². The number of rotatable bonds is 4. The molecule has 0 bridgehead atoms. The second-order valence-corrected chi connectivity index (χ2v) is 8.18. The monoisotopic (exact) mass is 498 g/mol. The van der Waals surface area contributed by atoms with Crippen molar-refractivity contribution in [3.63, 3.8) is 0 Å². The number of piperidine rings is 1. The molecule has 4 rings (SSSR count). The lowest BCUT2D eigenvalue weighted by atomic mass is 10.0. The molecule has 1 saturated heterocycles. The van der Waals surface area contributed by atoms with E-state index in [4.69, 9.17) is 11.6 Å². The Kier molecular flexibility index (Phi) is 6.02. The summed E-state index contributed by atoms with van der Waals surface area (Å²) in [6.07, 6.45) is -4.05. The quantitative estimate of drug-likeness (QED) is 0.498. The summed E-state index contributed by atoms with van der Waals surface area (Å²) in [7, 11) is 0. The molecular formula is C21H15ClF4N4O4. The van der Waals surface area contributed by atoms with Gasteiger partial charge in [-0.05, 0) is 36.2 Å². The van der Waals surface area contributed by atoms with Crippen molar-refractivity contribution in [3.05, 3.63) is 63.7 Å². The van der Waals surface area contributed by atoms with Gasteiger partial charge in [0.1, 0.15) is 17.6 Å². The minimum atomic E-state index is -5.06. The number of nitrogens with zero attached hydrogens (tertiary/aromatic N) is 2. The molecule has 4 amide bonds. The van der Waals surface area contributed by atoms with Gasteiger partial charge in [0.25, 0.3) is 11.8 Å². The Labute approximate surface area is 194 Å². The van der Waals surface area contributed by atoms with Crippen molar-refractivity contribution in [1.29, 1.82) is 0 Å². The van der Waals surface area contributed by atoms with Crippen LogP contribution >= 0.6 is 11.6 Å². The van der Waals surface area contributed by atoms with Gasteiger partial charge in [0.2, 0.25) is 11.8 Å². The SMILES string of the molecule is O=C1CCC(N2Cc3cc(C(=O)NC(c4ncc(Cl)cc4F)C(F)(F)F)ccc3C2=O)C(=O)N1. The van der Waals surface area contributed by atoms with E-state index in [2.05, 4.69) is 10.3 Å². The van der Waals surface area contributed by atoms with E-state index in [1.54, 1.807) is 5.32 Å². The summed E-state index contributed by atoms with van der Waals surface area (Å²) in [4.78, 5) is 53.4. The first-order valence-electron chi connectivity index (χ1n) is 9.92. The number of halogens is 5. The molecule has 8 nitrogen and oxygen atoms in total. The summed E-state index contributed by atoms with van der Waals surface area (Å²) in [5.41, 5.74) is -0.758. The first kappa shape index (κ1) is 23.6. The van der Waals surface area contributed by atoms with E-state index >= 15 is 0 Å². The molecule has 2 aliphatic heterocycles. The number of hydrogen-bond donors (Lipinski definition) is 2. The average Bonchev–Trinajstić information content (AvgIpc) is 3.07. The fourth-order valence-corrected chi connectivity index (χ4v) is 4.02. The zero-order chi connectivity index (χ0) is 24.8. The van der Waals surface area contributed by atoms with Crippen LogP contribution in [0.4, 0.5) is 17.6 Å². The first-order valence-corrected chi connectivity index (χ1v) is 10.3. The molecule has 0 radical (unpaired) electrons. The van der Waals surface area contributed by atoms with Gasteiger partial charge < -0.3 is 10.2 Å². The van der Waals surface area contributed by atoms with Crippen LogP contribution in [0.1, 0.15) is 50.9 Å². The number of carbonyl (C=O) groups is 4. The van der Waals surface area contributed by atoms with Crippen LogP contribution in [-0.4, -0.2) is 45.7 Å². The number of benzene rings is 1. The maximum atomic E-state index is 14.1. The number of pyridine rings is 1. The second-order valence-electron chi connectivity index (χ2n) is 7.74. The summed E-state index contributed by atoms with van der Waals surface area (Å²) in [5.74, 6) is -4.09. The Morgan fingerprint density at radius 1 is 1.24 bits per heavy atom. The molecular weight excluding hydrogens is 484 g/mol. The first-order chi connectivity index (χ1) is 16.0. The van der Waals surface area contributed by atoms with Crippen LogP contribution in [0.3, 0.4) is 0 Å². The third-order valence-electron chi connectivity index (χ3n) is 5.50. The molecule has 2 atom stereocenters. The number of amides is 4. The van der Waals surface area contributed by atoms with E-state index in [1.165, 1.54) is 17.0 Å². The van der Waals surface area contributed by atoms with E-state index in [0.717, 1.165) is 12.3 Å². The fourth-order valence-electron chi connectivity index (χ4n) is 3.87. The standard InChI is InChI=1S/C21H15ClF4N4O4/c22-11-6-13(23)16(27-7-11)17(21(24,25)26)29-18(32)9-1-2-12-10(5-9)8-30(20(12)34)14-3-4-15(31)28-19(14)33/h1-2,5-7,14,17H,3-4,8H2,(H,29,32)(H,28,31,33). The third-order valence-corrected chi connectivity index (χ3v) is 5.70. The van der Waals surface area contributed by atoms with E-state index < -0.39 is 53.4 Å². The van der Waals surface area contributed by atoms with Crippen molar-refractivity contribution in [3.8, 4) is 0 Å². The zero-order valence-corrected chi connectivity index (χ0v) is 17.8. The normalized spacial score (nSPS) is 19.0. The number of imide groups is 1. The van der Waals surface area contributed by atoms with E-state index in [0.29, 0.717) is 11.6 Å². The molecule has 0 saturated carbocycles. The van der Waals surface area contributed by atoms with Crippen molar-refractivity contribution in [2.75, 3.05) is 0 Å². The van der Waals surface area contributed by atoms with Gasteiger partial charge in [0.15, 0.2) is 6.04 Å². The number of hydrogen-bond acceptors (Lipinski definition) is 5. The molecule has 0 spiro atoms. The van der Waals surface area contributed by atoms with Gasteiger partial charge in [-0.2, -0.15) is 13.2 Å². The van der Waals surface area contributed by atoms with Gasteiger partial charge in [-0.3, -0.25) is 29.5 Å². The van der Waals surface area contributed by atoms with Crippen LogP contribution < -0.4 is 10.6 Å². The van der Waals surface area contributed by atoms with Crippen LogP contribution in [0.5, 0.6) is 0 Å². The lowest BCUT2D eigenvalue weighted by molar-refractivity contribution is -0.156. The number of nitrogens with one attached hydrogen (secondary N) is 2. The predicted octanol–water partition coefficient (Wildman–Crippen LogP) is 2.67. The summed E-state index contributed by atoms with van der Waals surface area (Å²) in [6.45, 7) is -0.0718. The Morgan fingerprint density at radius 2 is 1.97 bits per heavy atom. The van der Waals surface area contributed by atoms with E-state index in [1.807, 2.05) is 0 Å². The maximum absolute atomic E-state index is 14.1. The molecule has 3 heterocycles. The molecule has 1 aromatic carbocycles. The number of fused-ring (bicyclic) bond motifs is 1. The van der Waals surface area contributed by atoms with Gasteiger partial charge in [0, 0.05) is 30.3 Å². The van der Waals surface area contributed by atoms with E-state index in [-0.39, 0.29) is 35.5 Å². The Morgan fingerprint density at radius 3 is 2.62 bits per heavy atom. The van der Waals surface area contributed by atoms with Crippen LogP contribution in [0.15, 0.2) is 30.5 Å². The molecule has 2 aliphatic rings. The average molecular weight is 499 g/mol. The molecule has 13 heteroatoms. The summed E-state index contributed by atoms with van der Waals surface area (Å²) < 4.78 is 54.8. The minimum Gasteiger partial charge on any atom is -0.335 e. The lowest BCUT2D eigenvalue weighted by Gasteiger charge is -2.29. The summed E-state index contributed by atoms with van der Waals surface area (Å²) >= 11 is 5.54. The molecule has 2 aromatic rings. The lowest BCUT2D eigenvalue weighted by Crippen LogP contribution is -2.52. The smallest absolute Gasteiger partial charge is 0.335 e. The summed E-state index contributed by atoms with van der Waals surface area (Å²) in [6, 6.07) is 0.671. The van der Waals surface area contributed by atoms with Crippen molar-refractivity contribution >= 4 is 35.2 Å². The third kappa shape index (κ3) is 4.45. The zero-order valence-electron chi connectivity index (χ0n) is 17.1. The highest BCUT2D eigenvalue weighted by Gasteiger charge is 2.45. The van der Waals surface area contributed by atoms with Crippen molar-refractivity contribution in [2.45, 2.75) is 37.6 Å². The topological polar surface area (TPSA) is 108 Å². The highest BCUT2D eigenvalue weighted by atomic mass is 35.5. The Bertz CT molecular complexity index is 1220. The second kappa shape index (κ2) is 8.67. The largest absolute Gasteiger partial charge is 0.414 e. The Hall–Kier alpha value is -3.54. The van der Waals surface area contributed by atoms with Gasteiger partial charge in [-0.15, -0.1) is 0 Å². The maximum Gasteiger partial charge on any atom is 0.414 e. The molecule has 0 aliphatic carbocycles. The van der Waals surface area contributed by atoms with Gasteiger partial charge in [0.05, 0.1) is 5.02 Å². The number of alkyl halides is 3. The van der Waals surface area contributed by atoms with Gasteiger partial charge >= 0.3 is 6.18 Å². The number of aromatic nitrogens is 1. The molecule has 34 heavy (non-hydrogen) atoms. The Balaban J connectivity index is 1.56. The number of carbonyl (C=O) groups excluding carboxylic acids is 4. The van der Waals surface area contributed by atoms with Crippen LogP contribution in [-0.2, 0) is 16.1 Å². The molecule has 178 valence electrons. The van der Waals surface area contributed by atoms with E-state index in [9.17, 15) is 36.7 Å². The minimum absolute atomic E-state index is 0.0539. The van der Waals surface area contributed by atoms with Crippen molar-refractivity contribution < 1.29 is 36.7 Å². The highest BCUT2D eigenvalue weighted by molar-refractivity contribution is 6.30. The predicted molar refractivity (Wildman–Crippen MR) is 108 cm³/mol. The molecule has 1 fully saturated rings. The van der Waals surface area contributed by atoms with Crippen LogP contribution in [0, 0.1) is 5.82 Å². The summed E-state index contributed by atoms with van der Waals surface area (Å²) in [5, 5.41) is 3.67. The fraction of sp³-hybridized carbons (Fsp3) is 0.286. The van der Waals surface area contributed by atoms with Crippen LogP contribution in [0.2, 0.25) is 5.02 Å². The molecule has 2 N–H and O–H groups in total. The highest BCUT2D eigenvalue weighted by Crippen LogP contribution is 2.34.